The molecule has 13 heteroatoms. The number of nitrogens with zero attached hydrogens (tertiary/aromatic N) is 1. The Morgan fingerprint density at radius 3 is 2.25 bits per heavy atom. The summed E-state index contributed by atoms with van der Waals surface area (Å²) >= 11 is 0. The quantitative estimate of drug-likeness (QED) is 0.378. The zero-order valence-electron chi connectivity index (χ0n) is 21.0. The molecule has 1 saturated carbocycles. The highest BCUT2D eigenvalue weighted by molar-refractivity contribution is 6.20. The lowest BCUT2D eigenvalue weighted by molar-refractivity contribution is -0.146. The van der Waals surface area contributed by atoms with E-state index in [2.05, 4.69) is 15.6 Å². The van der Waals surface area contributed by atoms with E-state index in [-0.39, 0.29) is 23.6 Å². The lowest BCUT2D eigenvalue weighted by Crippen LogP contribution is -2.48. The van der Waals surface area contributed by atoms with Gasteiger partial charge in [-0.3, -0.25) is 14.4 Å². The van der Waals surface area contributed by atoms with Crippen LogP contribution in [0.4, 0.5) is 32.0 Å². The third-order valence-electron chi connectivity index (χ3n) is 6.92. The lowest BCUT2D eigenvalue weighted by atomic mass is 9.83. The Morgan fingerprint density at radius 2 is 1.68 bits per heavy atom. The van der Waals surface area contributed by atoms with Crippen molar-refractivity contribution in [1.29, 1.82) is 0 Å². The Bertz CT molecular complexity index is 1310. The number of alkyl halides is 6. The Hall–Kier alpha value is -3.90. The van der Waals surface area contributed by atoms with Crippen LogP contribution in [0.2, 0.25) is 0 Å². The summed E-state index contributed by atoms with van der Waals surface area (Å²) in [6, 6.07) is 11.2. The van der Waals surface area contributed by atoms with Gasteiger partial charge >= 0.3 is 12.4 Å². The first kappa shape index (κ1) is 29.1. The van der Waals surface area contributed by atoms with Crippen molar-refractivity contribution in [2.24, 2.45) is 28.5 Å². The van der Waals surface area contributed by atoms with Crippen LogP contribution in [0.15, 0.2) is 53.5 Å². The van der Waals surface area contributed by atoms with E-state index in [9.17, 15) is 40.7 Å². The Balaban J connectivity index is 1.72. The van der Waals surface area contributed by atoms with Gasteiger partial charge < -0.3 is 16.4 Å². The fourth-order valence-corrected chi connectivity index (χ4v) is 4.76. The van der Waals surface area contributed by atoms with Crippen molar-refractivity contribution in [2.75, 3.05) is 5.32 Å². The summed E-state index contributed by atoms with van der Waals surface area (Å²) in [6.45, 7) is 0. The normalized spacial score (nSPS) is 19.0. The maximum atomic E-state index is 13.8. The summed E-state index contributed by atoms with van der Waals surface area (Å²) in [4.78, 5) is 43.0. The highest BCUT2D eigenvalue weighted by Gasteiger charge is 2.42. The second kappa shape index (κ2) is 11.3. The summed E-state index contributed by atoms with van der Waals surface area (Å²) < 4.78 is 80.8. The molecule has 1 heterocycles. The van der Waals surface area contributed by atoms with E-state index in [1.165, 1.54) is 6.07 Å². The molecule has 2 aromatic carbocycles. The van der Waals surface area contributed by atoms with E-state index in [1.807, 2.05) is 0 Å². The number of benzene rings is 2. The first-order chi connectivity index (χ1) is 18.7. The predicted molar refractivity (Wildman–Crippen MR) is 133 cm³/mol. The molecular formula is C27H26F6N4O3. The molecule has 3 unspecified atom stereocenters. The van der Waals surface area contributed by atoms with Crippen LogP contribution in [-0.2, 0) is 20.6 Å². The topological polar surface area (TPSA) is 114 Å². The van der Waals surface area contributed by atoms with Gasteiger partial charge in [0.15, 0.2) is 0 Å². The first-order valence-corrected chi connectivity index (χ1v) is 12.6. The molecule has 7 nitrogen and oxygen atoms in total. The number of anilines is 1. The number of nitrogens with two attached hydrogens (primary N) is 1. The molecule has 0 spiro atoms. The molecule has 0 bridgehead atoms. The molecule has 0 saturated heterocycles. The van der Waals surface area contributed by atoms with Crippen LogP contribution in [0.3, 0.4) is 0 Å². The second-order valence-electron chi connectivity index (χ2n) is 9.92. The smallest absolute Gasteiger partial charge is 0.369 e. The maximum Gasteiger partial charge on any atom is 0.418 e. The van der Waals surface area contributed by atoms with Crippen molar-refractivity contribution in [1.82, 2.24) is 5.32 Å². The zero-order chi connectivity index (χ0) is 29.2. The summed E-state index contributed by atoms with van der Waals surface area (Å²) in [6.07, 6.45) is -11.8. The Kier molecular flexibility index (Phi) is 8.22. The van der Waals surface area contributed by atoms with Gasteiger partial charge in [0, 0.05) is 29.4 Å². The molecule has 40 heavy (non-hydrogen) atoms. The van der Waals surface area contributed by atoms with Gasteiger partial charge in [0.25, 0.3) is 5.91 Å². The standard InChI is InChI=1S/C27H26F6N4O3/c28-26(29,30)12-11-16(18(22(34)38)13-14-9-10-14)24(39)37-23-25(40)36-21-17(7-4-8-19(21)27(31,32)33)20(35-23)15-5-2-1-3-6-15/h1-8,14,16,18,23H,9-13H2,(H2,34,38)(H,36,40)(H,37,39). The Labute approximate surface area is 225 Å². The number of primary amides is 1. The minimum Gasteiger partial charge on any atom is -0.369 e. The van der Waals surface area contributed by atoms with E-state index in [0.717, 1.165) is 25.0 Å². The van der Waals surface area contributed by atoms with Gasteiger partial charge in [0.1, 0.15) is 0 Å². The fourth-order valence-electron chi connectivity index (χ4n) is 4.76. The molecule has 2 aromatic rings. The van der Waals surface area contributed by atoms with Gasteiger partial charge in [0.2, 0.25) is 18.0 Å². The summed E-state index contributed by atoms with van der Waals surface area (Å²) in [5, 5.41) is 4.45. The molecule has 1 aliphatic heterocycles. The number of para-hydroxylation sites is 1. The minimum absolute atomic E-state index is 0.0397. The van der Waals surface area contributed by atoms with Crippen LogP contribution >= 0.6 is 0 Å². The molecule has 4 rings (SSSR count). The van der Waals surface area contributed by atoms with Crippen LogP contribution in [0.5, 0.6) is 0 Å². The zero-order valence-corrected chi connectivity index (χ0v) is 21.0. The number of amides is 3. The van der Waals surface area contributed by atoms with Gasteiger partial charge in [0.05, 0.1) is 17.0 Å². The van der Waals surface area contributed by atoms with Crippen LogP contribution < -0.4 is 16.4 Å². The first-order valence-electron chi connectivity index (χ1n) is 12.6. The largest absolute Gasteiger partial charge is 0.418 e. The van der Waals surface area contributed by atoms with E-state index in [4.69, 9.17) is 5.73 Å². The highest BCUT2D eigenvalue weighted by atomic mass is 19.4. The molecular weight excluding hydrogens is 542 g/mol. The second-order valence-corrected chi connectivity index (χ2v) is 9.92. The molecule has 1 aliphatic carbocycles. The van der Waals surface area contributed by atoms with Crippen LogP contribution in [0.25, 0.3) is 0 Å². The fraction of sp³-hybridized carbons (Fsp3) is 0.407. The number of nitrogens with one attached hydrogen (secondary N) is 2. The number of benzodiazepines with no additional fused rings is 1. The maximum absolute atomic E-state index is 13.8. The van der Waals surface area contributed by atoms with E-state index in [1.54, 1.807) is 30.3 Å². The van der Waals surface area contributed by atoms with Crippen molar-refractivity contribution >= 4 is 29.1 Å². The van der Waals surface area contributed by atoms with Crippen molar-refractivity contribution in [2.45, 2.75) is 50.6 Å². The number of rotatable bonds is 9. The molecule has 0 aromatic heterocycles. The molecule has 3 amide bonds. The monoisotopic (exact) mass is 568 g/mol. The third kappa shape index (κ3) is 6.99. The summed E-state index contributed by atoms with van der Waals surface area (Å²) in [5.41, 5.74) is 3.97. The van der Waals surface area contributed by atoms with E-state index in [0.29, 0.717) is 5.56 Å². The van der Waals surface area contributed by atoms with Crippen LogP contribution in [0, 0.1) is 17.8 Å². The minimum atomic E-state index is -4.84. The van der Waals surface area contributed by atoms with Gasteiger partial charge in [-0.05, 0) is 24.8 Å². The molecule has 4 N–H and O–H groups in total. The molecule has 2 aliphatic rings. The molecule has 3 atom stereocenters. The van der Waals surface area contributed by atoms with E-state index < -0.39 is 72.2 Å². The summed E-state index contributed by atoms with van der Waals surface area (Å²) in [5.74, 6) is -5.88. The van der Waals surface area contributed by atoms with Gasteiger partial charge in [-0.15, -0.1) is 0 Å². The van der Waals surface area contributed by atoms with Gasteiger partial charge in [-0.25, -0.2) is 4.99 Å². The van der Waals surface area contributed by atoms with E-state index >= 15 is 0 Å². The number of carbonyl (C=O) groups excluding carboxylic acids is 3. The number of halogens is 6. The van der Waals surface area contributed by atoms with Crippen LogP contribution in [-0.4, -0.2) is 35.8 Å². The third-order valence-corrected chi connectivity index (χ3v) is 6.92. The number of fused-ring (bicyclic) bond motifs is 1. The molecule has 214 valence electrons. The molecule has 1 fully saturated rings. The van der Waals surface area contributed by atoms with Crippen molar-refractivity contribution in [3.63, 3.8) is 0 Å². The van der Waals surface area contributed by atoms with Crippen molar-refractivity contribution in [3.05, 3.63) is 65.2 Å². The summed E-state index contributed by atoms with van der Waals surface area (Å²) in [7, 11) is 0. The number of hydrogen-bond acceptors (Lipinski definition) is 4. The molecule has 0 radical (unpaired) electrons. The van der Waals surface area contributed by atoms with Crippen molar-refractivity contribution in [3.8, 4) is 0 Å². The lowest BCUT2D eigenvalue weighted by Gasteiger charge is -2.26. The SMILES string of the molecule is NC(=O)C(CC1CC1)C(CCC(F)(F)F)C(=O)NC1N=C(c2ccccc2)c2cccc(C(F)(F)F)c2NC1=O. The van der Waals surface area contributed by atoms with Crippen molar-refractivity contribution < 1.29 is 40.7 Å². The van der Waals surface area contributed by atoms with Crippen LogP contribution in [0.1, 0.15) is 48.8 Å². The van der Waals surface area contributed by atoms with Gasteiger partial charge in [-0.2, -0.15) is 26.3 Å². The Morgan fingerprint density at radius 1 is 1.00 bits per heavy atom. The van der Waals surface area contributed by atoms with Gasteiger partial charge in [-0.1, -0.05) is 55.3 Å². The number of aliphatic imine (C=N–C) groups is 1. The average molecular weight is 569 g/mol. The highest BCUT2D eigenvalue weighted by Crippen LogP contribution is 2.40. The number of carbonyl (C=O) groups is 3. The number of hydrogen-bond donors (Lipinski definition) is 3. The predicted octanol–water partition coefficient (Wildman–Crippen LogP) is 4.80. The average Bonchev–Trinajstić information content (AvgIpc) is 3.70.